The number of furan rings is 1. The van der Waals surface area contributed by atoms with Gasteiger partial charge >= 0.3 is 5.97 Å². The number of ether oxygens (including phenoxy) is 1. The molecule has 6 heteroatoms. The number of hydrogen-bond donors (Lipinski definition) is 1. The number of hydrogen-bond acceptors (Lipinski definition) is 5. The second-order valence-electron chi connectivity index (χ2n) is 5.48. The van der Waals surface area contributed by atoms with Crippen LogP contribution in [-0.2, 0) is 9.53 Å². The Labute approximate surface area is 147 Å². The van der Waals surface area contributed by atoms with Gasteiger partial charge in [0.2, 0.25) is 0 Å². The molecule has 1 unspecified atom stereocenters. The highest BCUT2D eigenvalue weighted by molar-refractivity contribution is 9.10. The lowest BCUT2D eigenvalue weighted by Gasteiger charge is -2.21. The molecule has 1 atom stereocenters. The van der Waals surface area contributed by atoms with Crippen LogP contribution in [0.5, 0.6) is 0 Å². The second-order valence-corrected chi connectivity index (χ2v) is 6.27. The zero-order chi connectivity index (χ0) is 17.1. The van der Waals surface area contributed by atoms with E-state index in [4.69, 9.17) is 9.15 Å². The number of carbonyl (C=O) groups excluding carboxylic acids is 2. The van der Waals surface area contributed by atoms with E-state index in [9.17, 15) is 9.59 Å². The molecule has 3 rings (SSSR count). The van der Waals surface area contributed by atoms with Crippen molar-refractivity contribution in [3.63, 3.8) is 0 Å². The summed E-state index contributed by atoms with van der Waals surface area (Å²) in [7, 11) is 1.33. The van der Waals surface area contributed by atoms with Crippen molar-refractivity contribution in [1.29, 1.82) is 0 Å². The van der Waals surface area contributed by atoms with E-state index >= 15 is 0 Å². The summed E-state index contributed by atoms with van der Waals surface area (Å²) in [6.07, 6.45) is 4.60. The number of anilines is 1. The van der Waals surface area contributed by atoms with E-state index in [-0.39, 0.29) is 11.7 Å². The predicted octanol–water partition coefficient (Wildman–Crippen LogP) is 4.27. The van der Waals surface area contributed by atoms with Crippen LogP contribution in [0.2, 0.25) is 0 Å². The van der Waals surface area contributed by atoms with Gasteiger partial charge in [0.25, 0.3) is 0 Å². The average molecular weight is 390 g/mol. The summed E-state index contributed by atoms with van der Waals surface area (Å²) in [6, 6.07) is 8.90. The predicted molar refractivity (Wildman–Crippen MR) is 92.9 cm³/mol. The Hall–Kier alpha value is -2.34. The van der Waals surface area contributed by atoms with E-state index in [1.165, 1.54) is 7.11 Å². The standard InChI is InChI=1S/C18H16BrNO4/c1-23-18(22)12-4-2-5-14(17(12)19)20-13-8-7-11(10-15(13)21)16-6-3-9-24-16/h2-6,8-9,11,20H,7,10H2,1H3. The maximum Gasteiger partial charge on any atom is 0.339 e. The lowest BCUT2D eigenvalue weighted by atomic mass is 9.89. The fraction of sp³-hybridized carbons (Fsp3) is 0.222. The van der Waals surface area contributed by atoms with Crippen LogP contribution >= 0.6 is 15.9 Å². The number of ketones is 1. The maximum atomic E-state index is 12.4. The third-order valence-corrected chi connectivity index (χ3v) is 4.81. The van der Waals surface area contributed by atoms with Gasteiger partial charge in [0, 0.05) is 12.3 Å². The normalized spacial score (nSPS) is 17.3. The lowest BCUT2D eigenvalue weighted by molar-refractivity contribution is -0.116. The summed E-state index contributed by atoms with van der Waals surface area (Å²) in [5, 5.41) is 3.11. The fourth-order valence-corrected chi connectivity index (χ4v) is 3.22. The lowest BCUT2D eigenvalue weighted by Crippen LogP contribution is -2.19. The van der Waals surface area contributed by atoms with Gasteiger partial charge in [-0.2, -0.15) is 0 Å². The Morgan fingerprint density at radius 2 is 2.17 bits per heavy atom. The molecule has 124 valence electrons. The van der Waals surface area contributed by atoms with Crippen LogP contribution in [-0.4, -0.2) is 18.9 Å². The van der Waals surface area contributed by atoms with Crippen molar-refractivity contribution in [2.75, 3.05) is 12.4 Å². The number of carbonyl (C=O) groups is 2. The molecule has 0 saturated carbocycles. The first-order chi connectivity index (χ1) is 11.6. The van der Waals surface area contributed by atoms with Crippen LogP contribution in [0.3, 0.4) is 0 Å². The highest BCUT2D eigenvalue weighted by atomic mass is 79.9. The van der Waals surface area contributed by atoms with Crippen LogP contribution in [0.25, 0.3) is 0 Å². The van der Waals surface area contributed by atoms with Crippen molar-refractivity contribution in [3.05, 3.63) is 64.2 Å². The summed E-state index contributed by atoms with van der Waals surface area (Å²) in [5.41, 5.74) is 1.58. The van der Waals surface area contributed by atoms with Gasteiger partial charge in [0.05, 0.1) is 34.8 Å². The van der Waals surface area contributed by atoms with Crippen LogP contribution in [0, 0.1) is 0 Å². The minimum atomic E-state index is -0.438. The van der Waals surface area contributed by atoms with E-state index in [0.717, 1.165) is 12.2 Å². The first-order valence-electron chi connectivity index (χ1n) is 7.50. The molecule has 24 heavy (non-hydrogen) atoms. The Bertz CT molecular complexity index is 795. The molecule has 2 aromatic rings. The molecule has 1 aromatic carbocycles. The zero-order valence-electron chi connectivity index (χ0n) is 13.0. The first-order valence-corrected chi connectivity index (χ1v) is 8.30. The summed E-state index contributed by atoms with van der Waals surface area (Å²) < 4.78 is 10.7. The van der Waals surface area contributed by atoms with Crippen molar-refractivity contribution in [2.45, 2.75) is 18.8 Å². The van der Waals surface area contributed by atoms with E-state index in [1.807, 2.05) is 18.2 Å². The van der Waals surface area contributed by atoms with Gasteiger partial charge < -0.3 is 14.5 Å². The van der Waals surface area contributed by atoms with Crippen molar-refractivity contribution in [3.8, 4) is 0 Å². The molecule has 0 bridgehead atoms. The topological polar surface area (TPSA) is 68.5 Å². The zero-order valence-corrected chi connectivity index (χ0v) is 14.6. The van der Waals surface area contributed by atoms with E-state index in [1.54, 1.807) is 24.5 Å². The Morgan fingerprint density at radius 3 is 2.83 bits per heavy atom. The van der Waals surface area contributed by atoms with Crippen LogP contribution < -0.4 is 5.32 Å². The quantitative estimate of drug-likeness (QED) is 0.790. The molecule has 1 heterocycles. The van der Waals surface area contributed by atoms with Crippen molar-refractivity contribution in [2.24, 2.45) is 0 Å². The minimum absolute atomic E-state index is 0.0121. The van der Waals surface area contributed by atoms with Gasteiger partial charge in [0.1, 0.15) is 5.76 Å². The highest BCUT2D eigenvalue weighted by Gasteiger charge is 2.25. The molecule has 0 amide bonds. The molecule has 0 radical (unpaired) electrons. The van der Waals surface area contributed by atoms with Gasteiger partial charge in [0.15, 0.2) is 5.78 Å². The average Bonchev–Trinajstić information content (AvgIpc) is 3.12. The van der Waals surface area contributed by atoms with Crippen molar-refractivity contribution < 1.29 is 18.7 Å². The fourth-order valence-electron chi connectivity index (χ4n) is 2.69. The molecule has 1 aliphatic carbocycles. The first kappa shape index (κ1) is 16.5. The monoisotopic (exact) mass is 389 g/mol. The summed E-state index contributed by atoms with van der Waals surface area (Å²) in [4.78, 5) is 24.2. The summed E-state index contributed by atoms with van der Waals surface area (Å²) >= 11 is 3.40. The van der Waals surface area contributed by atoms with Crippen LogP contribution in [0.1, 0.15) is 34.9 Å². The number of rotatable bonds is 4. The number of nitrogens with one attached hydrogen (secondary N) is 1. The minimum Gasteiger partial charge on any atom is -0.469 e. The molecule has 5 nitrogen and oxygen atoms in total. The van der Waals surface area contributed by atoms with Crippen LogP contribution in [0.15, 0.2) is 57.3 Å². The summed E-state index contributed by atoms with van der Waals surface area (Å²) in [6.45, 7) is 0. The molecule has 1 aromatic heterocycles. The van der Waals surface area contributed by atoms with Crippen LogP contribution in [0.4, 0.5) is 5.69 Å². The molecule has 0 saturated heterocycles. The van der Waals surface area contributed by atoms with Gasteiger partial charge in [-0.25, -0.2) is 4.79 Å². The van der Waals surface area contributed by atoms with Gasteiger partial charge in [-0.15, -0.1) is 0 Å². The summed E-state index contributed by atoms with van der Waals surface area (Å²) in [5.74, 6) is 0.473. The Kier molecular flexibility index (Phi) is 4.85. The Morgan fingerprint density at radius 1 is 1.33 bits per heavy atom. The SMILES string of the molecule is COC(=O)c1cccc(NC2=CCC(c3ccco3)CC2=O)c1Br. The molecule has 1 N–H and O–H groups in total. The van der Waals surface area contributed by atoms with Gasteiger partial charge in [-0.3, -0.25) is 4.79 Å². The maximum absolute atomic E-state index is 12.4. The second kappa shape index (κ2) is 7.05. The number of methoxy groups -OCH3 is 1. The van der Waals surface area contributed by atoms with Crippen molar-refractivity contribution in [1.82, 2.24) is 0 Å². The number of Topliss-reactive ketones (excluding diaryl/α,β-unsaturated/α-hetero) is 1. The largest absolute Gasteiger partial charge is 0.469 e. The highest BCUT2D eigenvalue weighted by Crippen LogP contribution is 2.33. The van der Waals surface area contributed by atoms with E-state index in [2.05, 4.69) is 21.2 Å². The third-order valence-electron chi connectivity index (χ3n) is 3.96. The molecule has 0 aliphatic heterocycles. The smallest absolute Gasteiger partial charge is 0.339 e. The Balaban J connectivity index is 1.79. The molecular weight excluding hydrogens is 374 g/mol. The third kappa shape index (κ3) is 3.28. The molecule has 0 spiro atoms. The van der Waals surface area contributed by atoms with E-state index in [0.29, 0.717) is 27.8 Å². The number of benzene rings is 1. The van der Waals surface area contributed by atoms with Gasteiger partial charge in [-0.05, 0) is 46.6 Å². The molecule has 1 aliphatic rings. The van der Waals surface area contributed by atoms with Gasteiger partial charge in [-0.1, -0.05) is 12.1 Å². The van der Waals surface area contributed by atoms with E-state index < -0.39 is 5.97 Å². The number of halogens is 1. The number of allylic oxidation sites excluding steroid dienone is 2. The molecule has 0 fully saturated rings. The number of esters is 1. The van der Waals surface area contributed by atoms with Crippen molar-refractivity contribution >= 4 is 33.4 Å². The molecular formula is C18H16BrNO4.